The van der Waals surface area contributed by atoms with E-state index in [0.29, 0.717) is 5.11 Å². The zero-order chi connectivity index (χ0) is 10.7. The third kappa shape index (κ3) is 2.43. The monoisotopic (exact) mass is 237 g/mol. The number of aromatic nitrogens is 1. The summed E-state index contributed by atoms with van der Waals surface area (Å²) in [5, 5.41) is 7.96. The maximum atomic E-state index is 5.10. The molecule has 0 spiro atoms. The lowest BCUT2D eigenvalue weighted by molar-refractivity contribution is 0.979. The molecule has 0 atom stereocenters. The minimum atomic E-state index is 0.653. The highest BCUT2D eigenvalue weighted by Gasteiger charge is 1.99. The zero-order valence-electron chi connectivity index (χ0n) is 8.28. The van der Waals surface area contributed by atoms with E-state index < -0.39 is 0 Å². The molecular weight excluding hydrogens is 226 g/mol. The van der Waals surface area contributed by atoms with Gasteiger partial charge in [-0.1, -0.05) is 0 Å². The maximum absolute atomic E-state index is 5.10. The van der Waals surface area contributed by atoms with Crippen molar-refractivity contribution in [2.75, 3.05) is 11.9 Å². The van der Waals surface area contributed by atoms with E-state index in [0.717, 1.165) is 17.6 Å². The maximum Gasteiger partial charge on any atom is 0.170 e. The lowest BCUT2D eigenvalue weighted by Gasteiger charge is -2.08. The van der Waals surface area contributed by atoms with Crippen LogP contribution in [0.15, 0.2) is 24.4 Å². The molecule has 0 aliphatic rings. The Hall–Kier alpha value is -1.20. The number of anilines is 1. The summed E-state index contributed by atoms with van der Waals surface area (Å²) in [5.41, 5.74) is 0.994. The van der Waals surface area contributed by atoms with Crippen molar-refractivity contribution in [1.82, 2.24) is 9.69 Å². The summed E-state index contributed by atoms with van der Waals surface area (Å²) in [6, 6.07) is 6.09. The molecule has 0 aliphatic carbocycles. The summed E-state index contributed by atoms with van der Waals surface area (Å²) in [6.45, 7) is 2.84. The lowest BCUT2D eigenvalue weighted by atomic mass is 10.2. The Morgan fingerprint density at radius 3 is 3.20 bits per heavy atom. The van der Waals surface area contributed by atoms with E-state index in [1.54, 1.807) is 0 Å². The predicted octanol–water partition coefficient (Wildman–Crippen LogP) is 2.60. The Balaban J connectivity index is 2.17. The van der Waals surface area contributed by atoms with Gasteiger partial charge in [0.05, 0.1) is 4.70 Å². The Labute approximate surface area is 97.7 Å². The minimum Gasteiger partial charge on any atom is -0.363 e. The van der Waals surface area contributed by atoms with Gasteiger partial charge in [0.1, 0.15) is 0 Å². The molecule has 0 radical (unpaired) electrons. The molecule has 1 heterocycles. The van der Waals surface area contributed by atoms with Crippen LogP contribution < -0.4 is 10.6 Å². The molecule has 2 rings (SSSR count). The van der Waals surface area contributed by atoms with Gasteiger partial charge in [-0.15, -0.1) is 0 Å². The van der Waals surface area contributed by atoms with E-state index in [-0.39, 0.29) is 0 Å². The van der Waals surface area contributed by atoms with Crippen LogP contribution in [0.2, 0.25) is 0 Å². The first-order chi connectivity index (χ1) is 7.29. The number of benzene rings is 1. The van der Waals surface area contributed by atoms with Crippen LogP contribution in [-0.2, 0) is 0 Å². The van der Waals surface area contributed by atoms with Crippen molar-refractivity contribution in [1.29, 1.82) is 0 Å². The molecular formula is C10H11N3S2. The smallest absolute Gasteiger partial charge is 0.170 e. The molecule has 0 amide bonds. The van der Waals surface area contributed by atoms with Crippen LogP contribution in [0.3, 0.4) is 0 Å². The van der Waals surface area contributed by atoms with Crippen LogP contribution >= 0.6 is 23.8 Å². The quantitative estimate of drug-likeness (QED) is 0.787. The molecule has 5 heteroatoms. The van der Waals surface area contributed by atoms with Gasteiger partial charge in [0.15, 0.2) is 5.11 Å². The lowest BCUT2D eigenvalue weighted by Crippen LogP contribution is -2.27. The van der Waals surface area contributed by atoms with Crippen LogP contribution in [0.5, 0.6) is 0 Å². The zero-order valence-corrected chi connectivity index (χ0v) is 9.91. The van der Waals surface area contributed by atoms with Gasteiger partial charge in [-0.25, -0.2) is 0 Å². The molecule has 0 fully saturated rings. The second-order valence-electron chi connectivity index (χ2n) is 3.06. The van der Waals surface area contributed by atoms with E-state index in [9.17, 15) is 0 Å². The van der Waals surface area contributed by atoms with E-state index in [1.165, 1.54) is 16.2 Å². The van der Waals surface area contributed by atoms with Crippen molar-refractivity contribution < 1.29 is 0 Å². The third-order valence-electron chi connectivity index (χ3n) is 1.95. The Bertz CT molecular complexity index is 478. The molecule has 0 bridgehead atoms. The van der Waals surface area contributed by atoms with Gasteiger partial charge in [-0.3, -0.25) is 0 Å². The van der Waals surface area contributed by atoms with E-state index in [4.69, 9.17) is 12.2 Å². The second kappa shape index (κ2) is 4.55. The molecule has 0 saturated heterocycles. The number of hydrogen-bond donors (Lipinski definition) is 2. The number of nitrogens with one attached hydrogen (secondary N) is 2. The first-order valence-electron chi connectivity index (χ1n) is 4.69. The SMILES string of the molecule is CCNC(=S)Nc1ccc2sncc2c1. The van der Waals surface area contributed by atoms with Gasteiger partial charge in [0.25, 0.3) is 0 Å². The van der Waals surface area contributed by atoms with Gasteiger partial charge in [0.2, 0.25) is 0 Å². The number of hydrogen-bond acceptors (Lipinski definition) is 3. The van der Waals surface area contributed by atoms with Crippen molar-refractivity contribution in [3.63, 3.8) is 0 Å². The van der Waals surface area contributed by atoms with E-state index in [2.05, 4.69) is 15.0 Å². The fourth-order valence-electron chi connectivity index (χ4n) is 1.29. The third-order valence-corrected chi connectivity index (χ3v) is 2.97. The molecule has 1 aromatic carbocycles. The summed E-state index contributed by atoms with van der Waals surface area (Å²) in [7, 11) is 0. The molecule has 15 heavy (non-hydrogen) atoms. The summed E-state index contributed by atoms with van der Waals surface area (Å²) in [4.78, 5) is 0. The van der Waals surface area contributed by atoms with E-state index >= 15 is 0 Å². The van der Waals surface area contributed by atoms with Crippen LogP contribution in [-0.4, -0.2) is 16.0 Å². The summed E-state index contributed by atoms with van der Waals surface area (Å²) in [5.74, 6) is 0. The standard InChI is InChI=1S/C10H11N3S2/c1-2-11-10(14)13-8-3-4-9-7(5-8)6-12-15-9/h3-6H,2H2,1H3,(H2,11,13,14). The number of nitrogens with zero attached hydrogens (tertiary/aromatic N) is 1. The fraction of sp³-hybridized carbons (Fsp3) is 0.200. The van der Waals surface area contributed by atoms with E-state index in [1.807, 2.05) is 31.3 Å². The topological polar surface area (TPSA) is 37.0 Å². The van der Waals surface area contributed by atoms with Crippen LogP contribution in [0.1, 0.15) is 6.92 Å². The predicted molar refractivity (Wildman–Crippen MR) is 69.5 cm³/mol. The first-order valence-corrected chi connectivity index (χ1v) is 5.87. The fourth-order valence-corrected chi connectivity index (χ4v) is 2.17. The largest absolute Gasteiger partial charge is 0.363 e. The second-order valence-corrected chi connectivity index (χ2v) is 4.30. The van der Waals surface area contributed by atoms with Crippen LogP contribution in [0.4, 0.5) is 5.69 Å². The van der Waals surface area contributed by atoms with Crippen molar-refractivity contribution in [2.24, 2.45) is 0 Å². The van der Waals surface area contributed by atoms with Crippen LogP contribution in [0.25, 0.3) is 10.1 Å². The molecule has 0 unspecified atom stereocenters. The minimum absolute atomic E-state index is 0.653. The van der Waals surface area contributed by atoms with Gasteiger partial charge in [-0.2, -0.15) is 4.37 Å². The molecule has 78 valence electrons. The average molecular weight is 237 g/mol. The summed E-state index contributed by atoms with van der Waals surface area (Å²) in [6.07, 6.45) is 1.86. The van der Waals surface area contributed by atoms with Crippen molar-refractivity contribution in [3.05, 3.63) is 24.4 Å². The highest BCUT2D eigenvalue weighted by atomic mass is 32.1. The van der Waals surface area contributed by atoms with Gasteiger partial charge in [0, 0.05) is 23.8 Å². The Kier molecular flexibility index (Phi) is 3.13. The highest BCUT2D eigenvalue weighted by molar-refractivity contribution is 7.80. The number of rotatable bonds is 2. The van der Waals surface area contributed by atoms with Gasteiger partial charge >= 0.3 is 0 Å². The molecule has 2 N–H and O–H groups in total. The Morgan fingerprint density at radius 1 is 1.53 bits per heavy atom. The summed E-state index contributed by atoms with van der Waals surface area (Å²) < 4.78 is 5.31. The highest BCUT2D eigenvalue weighted by Crippen LogP contribution is 2.21. The van der Waals surface area contributed by atoms with Crippen LogP contribution in [0, 0.1) is 0 Å². The van der Waals surface area contributed by atoms with Crippen molar-refractivity contribution in [3.8, 4) is 0 Å². The average Bonchev–Trinajstić information content (AvgIpc) is 2.65. The molecule has 3 nitrogen and oxygen atoms in total. The van der Waals surface area contributed by atoms with Gasteiger partial charge < -0.3 is 10.6 Å². The first kappa shape index (κ1) is 10.3. The molecule has 1 aromatic heterocycles. The Morgan fingerprint density at radius 2 is 2.40 bits per heavy atom. The number of fused-ring (bicyclic) bond motifs is 1. The molecule has 2 aromatic rings. The normalized spacial score (nSPS) is 10.2. The summed E-state index contributed by atoms with van der Waals surface area (Å²) >= 11 is 6.60. The van der Waals surface area contributed by atoms with Crippen molar-refractivity contribution >= 4 is 44.6 Å². The van der Waals surface area contributed by atoms with Gasteiger partial charge in [-0.05, 0) is 48.9 Å². The molecule has 0 aliphatic heterocycles. The molecule has 0 saturated carbocycles. The van der Waals surface area contributed by atoms with Crippen molar-refractivity contribution in [2.45, 2.75) is 6.92 Å². The number of thiocarbonyl (C=S) groups is 1.